The lowest BCUT2D eigenvalue weighted by Crippen LogP contribution is -2.41. The lowest BCUT2D eigenvalue weighted by Gasteiger charge is -2.32. The molecule has 0 aliphatic carbocycles. The maximum absolute atomic E-state index is 12.4. The van der Waals surface area contributed by atoms with Crippen LogP contribution >= 0.6 is 15.9 Å². The number of nitrogen functional groups attached to an aromatic ring is 1. The molecule has 0 spiro atoms. The van der Waals surface area contributed by atoms with Gasteiger partial charge in [0, 0.05) is 165 Å². The van der Waals surface area contributed by atoms with Crippen LogP contribution in [0.1, 0.15) is 55.5 Å². The van der Waals surface area contributed by atoms with Crippen molar-refractivity contribution in [3.05, 3.63) is 216 Å². The summed E-state index contributed by atoms with van der Waals surface area (Å²) in [4.78, 5) is 62.9. The third kappa shape index (κ3) is 26.9. The summed E-state index contributed by atoms with van der Waals surface area (Å²) in [7, 11) is 11.4. The van der Waals surface area contributed by atoms with Gasteiger partial charge in [0.2, 0.25) is 37.4 Å². The summed E-state index contributed by atoms with van der Waals surface area (Å²) in [5.74, 6) is 0.963. The van der Waals surface area contributed by atoms with Crippen LogP contribution in [0.3, 0.4) is 0 Å². The number of aryl methyl sites for hydroxylation is 10. The number of carbonyl (C=O) groups excluding carboxylic acids is 2. The number of amides is 2. The summed E-state index contributed by atoms with van der Waals surface area (Å²) >= 11 is 3.30. The van der Waals surface area contributed by atoms with Crippen LogP contribution < -0.4 is 56.3 Å². The van der Waals surface area contributed by atoms with Crippen LogP contribution in [-0.4, -0.2) is 288 Å². The molecule has 16 heterocycles. The quantitative estimate of drug-likeness (QED) is 0.0117. The summed E-state index contributed by atoms with van der Waals surface area (Å²) in [5, 5.41) is 48.5. The third-order valence-corrected chi connectivity index (χ3v) is 26.5. The molecule has 0 atom stereocenters. The topological polar surface area (TPSA) is 518 Å². The average molecular weight is 2180 g/mol. The lowest BCUT2D eigenvalue weighted by molar-refractivity contribution is -0.112. The predicted octanol–water partition coefficient (Wildman–Crippen LogP) is 9.88. The molecule has 6 N–H and O–H groups in total. The predicted molar refractivity (Wildman–Crippen MR) is 564 cm³/mol. The van der Waals surface area contributed by atoms with E-state index in [1.807, 2.05) is 196 Å². The number of halogens is 4. The average Bonchev–Trinajstić information content (AvgIpc) is 1.64. The number of likely N-dealkylation sites (N-methyl/N-ethyl adjacent to an activating group) is 4. The number of alkyl halides is 3. The van der Waals surface area contributed by atoms with Gasteiger partial charge in [-0.05, 0) is 189 Å². The van der Waals surface area contributed by atoms with Gasteiger partial charge in [0.05, 0.1) is 166 Å². The molecule has 15 aromatic heterocycles. The summed E-state index contributed by atoms with van der Waals surface area (Å²) in [6.07, 6.45) is 30.1. The molecule has 17 aromatic rings. The van der Waals surface area contributed by atoms with E-state index >= 15 is 0 Å². The van der Waals surface area contributed by atoms with E-state index < -0.39 is 41.3 Å². The molecule has 18 rings (SSSR count). The maximum atomic E-state index is 12.4. The Morgan fingerprint density at radius 3 is 1.30 bits per heavy atom. The molecular weight excluding hydrogens is 2060 g/mol. The Morgan fingerprint density at radius 2 is 0.879 bits per heavy atom. The Hall–Kier alpha value is -15.6. The second kappa shape index (κ2) is 45.8. The van der Waals surface area contributed by atoms with E-state index in [0.29, 0.717) is 61.6 Å². The summed E-state index contributed by atoms with van der Waals surface area (Å²) < 4.78 is 149. The molecule has 47 nitrogen and oxygen atoms in total. The molecule has 0 radical (unpaired) electrons. The minimum absolute atomic E-state index is 0.175. The number of nitrogens with one attached hydrogen (secondary N) is 4. The van der Waals surface area contributed by atoms with E-state index in [1.165, 1.54) is 50.7 Å². The SMILES string of the molecule is C=CC(=O)Nc1cc(N)c(OC)cc1N(C)CCN(C)C.C=CC(=O)Nc1cc(Nc2ncc3c(C)cc(-c4cnn(C)c4)n3n2)c(OC)cc1N(C)CCN(C)C.Cc1cc(-c2cnn(C)c2)n2[nH]c(=O)ncc12.Cc1cc(-c2cnn(C)c2)n2nc(OS(=O)(=O)C(F)(F)F)ncc12.Cc1cc(-c2cnn(C)c2)n2nc(S(C)(=O)=O)ncc12.Cc1cc(Br)n2nc(S(C)(=O)=O)ncc12.Cn1cc(B2OC(C)(C)C(C)(C)O2)cn1. The van der Waals surface area contributed by atoms with Gasteiger partial charge in [0.1, 0.15) is 16.1 Å². The molecule has 1 fully saturated rings. The molecule has 2 aromatic carbocycles. The maximum Gasteiger partial charge on any atom is 0.534 e. The first-order valence-corrected chi connectivity index (χ1v) is 51.3. The van der Waals surface area contributed by atoms with E-state index in [9.17, 15) is 52.8 Å². The van der Waals surface area contributed by atoms with Crippen LogP contribution in [-0.2, 0) is 83.9 Å². The Labute approximate surface area is 864 Å². The molecule has 2 amide bonds. The molecule has 55 heteroatoms. The van der Waals surface area contributed by atoms with Crippen molar-refractivity contribution in [3.8, 4) is 62.5 Å². The van der Waals surface area contributed by atoms with Crippen molar-refractivity contribution in [1.82, 2.24) is 132 Å². The number of sulfone groups is 2. The second-order valence-electron chi connectivity index (χ2n) is 36.1. The minimum atomic E-state index is -5.84. The highest BCUT2D eigenvalue weighted by atomic mass is 79.9. The summed E-state index contributed by atoms with van der Waals surface area (Å²) in [5.41, 5.74) is 19.6. The monoisotopic (exact) mass is 2170 g/mol. The van der Waals surface area contributed by atoms with Crippen LogP contribution in [0.5, 0.6) is 17.5 Å². The van der Waals surface area contributed by atoms with Gasteiger partial charge in [0.15, 0.2) is 0 Å². The van der Waals surface area contributed by atoms with Crippen LogP contribution in [0.2, 0.25) is 0 Å². The number of carbonyl (C=O) groups is 2. The van der Waals surface area contributed by atoms with E-state index in [2.05, 4.69) is 141 Å². The zero-order chi connectivity index (χ0) is 109. The van der Waals surface area contributed by atoms with E-state index in [1.54, 1.807) is 111 Å². The Bertz CT molecular complexity index is 8220. The zero-order valence-electron chi connectivity index (χ0n) is 86.4. The van der Waals surface area contributed by atoms with E-state index in [4.69, 9.17) is 29.6 Å². The molecular formula is C94H116BBrF3N33O14S3. The molecule has 149 heavy (non-hydrogen) atoms. The fourth-order valence-electron chi connectivity index (χ4n) is 14.7. The number of methoxy groups -OCH3 is 2. The number of rotatable bonds is 25. The van der Waals surface area contributed by atoms with Gasteiger partial charge >= 0.3 is 34.4 Å². The van der Waals surface area contributed by atoms with Crippen LogP contribution in [0.15, 0.2) is 193 Å². The van der Waals surface area contributed by atoms with Crippen LogP contribution in [0.25, 0.3) is 72.6 Å². The molecule has 1 aliphatic heterocycles. The van der Waals surface area contributed by atoms with Crippen molar-refractivity contribution in [2.24, 2.45) is 35.2 Å². The van der Waals surface area contributed by atoms with E-state index in [-0.39, 0.29) is 46.1 Å². The fraction of sp³-hybridized carbons (Fsp3) is 0.330. The van der Waals surface area contributed by atoms with Crippen molar-refractivity contribution in [2.75, 3.05) is 127 Å². The smallest absolute Gasteiger partial charge is 0.495 e. The van der Waals surface area contributed by atoms with Gasteiger partial charge in [-0.1, -0.05) is 13.2 Å². The van der Waals surface area contributed by atoms with Gasteiger partial charge in [-0.3, -0.25) is 33.0 Å². The highest BCUT2D eigenvalue weighted by molar-refractivity contribution is 9.10. The van der Waals surface area contributed by atoms with Gasteiger partial charge in [-0.25, -0.2) is 64.3 Å². The normalized spacial score (nSPS) is 12.8. The van der Waals surface area contributed by atoms with Gasteiger partial charge < -0.3 is 64.2 Å². The van der Waals surface area contributed by atoms with Crippen molar-refractivity contribution >= 4 is 138 Å². The first kappa shape index (κ1) is 112. The number of ether oxygens (including phenoxy) is 2. The number of hydrogen-bond acceptors (Lipinski definition) is 34. The highest BCUT2D eigenvalue weighted by Crippen LogP contribution is 2.41. The molecule has 790 valence electrons. The van der Waals surface area contributed by atoms with Crippen LogP contribution in [0.4, 0.5) is 53.2 Å². The number of H-pyrrole nitrogens is 1. The first-order chi connectivity index (χ1) is 69.9. The number of nitrogens with zero attached hydrogens (tertiary/aromatic N) is 28. The van der Waals surface area contributed by atoms with E-state index in [0.717, 1.165) is 139 Å². The zero-order valence-corrected chi connectivity index (χ0v) is 90.4. The van der Waals surface area contributed by atoms with Crippen LogP contribution in [0, 0.1) is 34.6 Å². The number of aromatic nitrogens is 25. The molecule has 0 unspecified atom stereocenters. The molecule has 1 aliphatic rings. The number of nitrogens with two attached hydrogens (primary N) is 1. The Morgan fingerprint density at radius 1 is 0.497 bits per heavy atom. The van der Waals surface area contributed by atoms with Crippen molar-refractivity contribution in [1.29, 1.82) is 0 Å². The fourth-order valence-corrected chi connectivity index (χ4v) is 16.6. The third-order valence-electron chi connectivity index (χ3n) is 23.3. The minimum Gasteiger partial charge on any atom is -0.495 e. The largest absolute Gasteiger partial charge is 0.534 e. The Balaban J connectivity index is 0.000000158. The number of aromatic amines is 1. The number of hydrogen-bond donors (Lipinski definition) is 5. The highest BCUT2D eigenvalue weighted by Gasteiger charge is 2.52. The van der Waals surface area contributed by atoms with Gasteiger partial charge in [-0.15, -0.1) is 20.4 Å². The summed E-state index contributed by atoms with van der Waals surface area (Å²) in [6, 6.07) is 15.9. The molecule has 1 saturated heterocycles. The Kier molecular flexibility index (Phi) is 34.5. The lowest BCUT2D eigenvalue weighted by atomic mass is 9.82. The first-order valence-electron chi connectivity index (χ1n) is 45.3. The van der Waals surface area contributed by atoms with Gasteiger partial charge in [-0.2, -0.15) is 57.1 Å². The molecule has 0 saturated carbocycles. The number of fused-ring (bicyclic) bond motifs is 5. The van der Waals surface area contributed by atoms with Crippen molar-refractivity contribution in [2.45, 2.75) is 89.3 Å². The summed E-state index contributed by atoms with van der Waals surface area (Å²) in [6.45, 7) is 28.1. The second-order valence-corrected chi connectivity index (χ2v) is 42.3. The van der Waals surface area contributed by atoms with Crippen molar-refractivity contribution < 1.29 is 71.0 Å². The van der Waals surface area contributed by atoms with Crippen molar-refractivity contribution in [3.63, 3.8) is 0 Å². The van der Waals surface area contributed by atoms with Gasteiger partial charge in [0.25, 0.3) is 10.3 Å². The molecule has 0 bridgehead atoms. The number of benzene rings is 2. The number of anilines is 7. The standard InChI is InChI=1S/C26H33N9O2.C15H24N4O2.C12H10F3N5O3S.C12H13N5O2S.C11H11N5O.C10H17BN2O2.C8H8BrN3O2S/c1-8-25(36)29-19-12-20(24(37-7)13-22(19)33(5)10-9-32(3)4)30-26-27-15-23-17(2)11-21(35(23)31-26)18-14-28-34(6)16-18;1-6-15(20)17-12-9-11(16)14(21-5)10-13(12)19(4)8-7-18(2)3;1-7-3-9(8-4-17-19(2)6-8)20-10(7)5-16-11(18-20)23-24(21,22)12(13,14)15;1-8-4-10(9-5-14-16(2)7-9)17-11(8)6-13-12(15-17)20(3,18)19;1-7-3-9(8-4-13-15(2)6-8)16-10(7)5-12-11(17)14-16;1-9(2)10(3,4)15-11(14-9)8-6-12-13(5)7-8;1-5-3-7(9)12-6(5)4-10-8(11-12)15(2,13)14/h8,11-16H,1,9-10H2,2-7H3,(H,29,36)(H,30,31);6,9-10H,1,7-8,16H2,2-5H3,(H,17,20);3-6H,1-2H3;4-7H,1-3H3;3-6H,1-2H3,(H,14,17);6-7H,1-5H3;3-4H,1-2H3.